The quantitative estimate of drug-likeness (QED) is 0.499. The van der Waals surface area contributed by atoms with E-state index in [1.807, 2.05) is 48.5 Å². The van der Waals surface area contributed by atoms with Crippen molar-refractivity contribution in [3.63, 3.8) is 0 Å². The van der Waals surface area contributed by atoms with Gasteiger partial charge in [0.2, 0.25) is 5.91 Å². The van der Waals surface area contributed by atoms with Crippen LogP contribution in [0.4, 0.5) is 0 Å². The second-order valence-electron chi connectivity index (χ2n) is 6.72. The van der Waals surface area contributed by atoms with Gasteiger partial charge in [0, 0.05) is 28.9 Å². The summed E-state index contributed by atoms with van der Waals surface area (Å²) in [4.78, 5) is 11.8. The lowest BCUT2D eigenvalue weighted by Crippen LogP contribution is -2.29. The molecule has 2 aromatic carbocycles. The lowest BCUT2D eigenvalue weighted by Gasteiger charge is -2.17. The molecular weight excluding hydrogens is 406 g/mol. The van der Waals surface area contributed by atoms with Crippen molar-refractivity contribution in [2.24, 2.45) is 11.7 Å². The molecule has 2 unspecified atom stereocenters. The normalized spacial score (nSPS) is 12.9. The number of aliphatic hydroxyl groups is 1. The SMILES string of the molecule is COc1ccc(CSCC(O)CC(CSCc2ccc(OC)cc2)C(N)=O)cc1. The van der Waals surface area contributed by atoms with Crippen molar-refractivity contribution in [3.8, 4) is 11.5 Å². The molecule has 0 aliphatic rings. The van der Waals surface area contributed by atoms with E-state index >= 15 is 0 Å². The Bertz CT molecular complexity index is 737. The van der Waals surface area contributed by atoms with Gasteiger partial charge < -0.3 is 20.3 Å². The van der Waals surface area contributed by atoms with Crippen LogP contribution in [0.5, 0.6) is 11.5 Å². The largest absolute Gasteiger partial charge is 0.497 e. The minimum absolute atomic E-state index is 0.338. The number of carbonyl (C=O) groups is 1. The molecule has 0 saturated heterocycles. The summed E-state index contributed by atoms with van der Waals surface area (Å²) in [5.41, 5.74) is 7.88. The maximum atomic E-state index is 11.8. The minimum Gasteiger partial charge on any atom is -0.497 e. The monoisotopic (exact) mass is 435 g/mol. The smallest absolute Gasteiger partial charge is 0.221 e. The molecule has 0 aromatic heterocycles. The summed E-state index contributed by atoms with van der Waals surface area (Å²) >= 11 is 3.30. The van der Waals surface area contributed by atoms with Crippen LogP contribution in [0.3, 0.4) is 0 Å². The van der Waals surface area contributed by atoms with E-state index in [2.05, 4.69) is 0 Å². The zero-order valence-electron chi connectivity index (χ0n) is 16.9. The van der Waals surface area contributed by atoms with Gasteiger partial charge in [0.1, 0.15) is 11.5 Å². The molecule has 0 heterocycles. The Labute approximate surface area is 181 Å². The molecular formula is C22H29NO4S2. The van der Waals surface area contributed by atoms with Gasteiger partial charge in [-0.15, -0.1) is 0 Å². The first kappa shape index (κ1) is 23.4. The van der Waals surface area contributed by atoms with E-state index in [1.165, 1.54) is 5.56 Å². The second kappa shape index (κ2) is 12.7. The average molecular weight is 436 g/mol. The molecule has 2 aromatic rings. The van der Waals surface area contributed by atoms with Gasteiger partial charge >= 0.3 is 0 Å². The van der Waals surface area contributed by atoms with Crippen molar-refractivity contribution in [2.75, 3.05) is 25.7 Å². The maximum absolute atomic E-state index is 11.8. The van der Waals surface area contributed by atoms with Crippen molar-refractivity contribution < 1.29 is 19.4 Å². The van der Waals surface area contributed by atoms with Gasteiger partial charge in [-0.3, -0.25) is 4.79 Å². The Morgan fingerprint density at radius 2 is 1.34 bits per heavy atom. The first-order valence-corrected chi connectivity index (χ1v) is 11.7. The van der Waals surface area contributed by atoms with Gasteiger partial charge in [0.05, 0.1) is 20.3 Å². The third-order valence-corrected chi connectivity index (χ3v) is 6.78. The molecule has 0 saturated carbocycles. The zero-order valence-corrected chi connectivity index (χ0v) is 18.5. The number of ether oxygens (including phenoxy) is 2. The number of methoxy groups -OCH3 is 2. The summed E-state index contributed by atoms with van der Waals surface area (Å²) < 4.78 is 10.3. The Balaban J connectivity index is 1.71. The Morgan fingerprint density at radius 1 is 0.897 bits per heavy atom. The third kappa shape index (κ3) is 8.60. The van der Waals surface area contributed by atoms with Crippen molar-refractivity contribution in [1.82, 2.24) is 0 Å². The number of amides is 1. The first-order valence-electron chi connectivity index (χ1n) is 9.40. The second-order valence-corrected chi connectivity index (χ2v) is 8.78. The Morgan fingerprint density at radius 3 is 1.76 bits per heavy atom. The van der Waals surface area contributed by atoms with E-state index in [-0.39, 0.29) is 11.8 Å². The molecule has 0 fully saturated rings. The van der Waals surface area contributed by atoms with Crippen LogP contribution in [0, 0.1) is 5.92 Å². The summed E-state index contributed by atoms with van der Waals surface area (Å²) in [6, 6.07) is 15.7. The predicted molar refractivity (Wildman–Crippen MR) is 122 cm³/mol. The number of benzene rings is 2. The summed E-state index contributed by atoms with van der Waals surface area (Å²) in [6.45, 7) is 0. The van der Waals surface area contributed by atoms with Crippen LogP contribution >= 0.6 is 23.5 Å². The summed E-state index contributed by atoms with van der Waals surface area (Å²) in [5, 5.41) is 10.3. The van der Waals surface area contributed by atoms with Gasteiger partial charge in [-0.2, -0.15) is 23.5 Å². The van der Waals surface area contributed by atoms with Crippen molar-refractivity contribution in [1.29, 1.82) is 0 Å². The number of hydrogen-bond acceptors (Lipinski definition) is 6. The highest BCUT2D eigenvalue weighted by atomic mass is 32.2. The van der Waals surface area contributed by atoms with E-state index in [0.717, 1.165) is 28.6 Å². The van der Waals surface area contributed by atoms with E-state index in [0.29, 0.717) is 17.9 Å². The number of aliphatic hydroxyl groups excluding tert-OH is 1. The van der Waals surface area contributed by atoms with Crippen molar-refractivity contribution >= 4 is 29.4 Å². The fourth-order valence-electron chi connectivity index (χ4n) is 2.74. The zero-order chi connectivity index (χ0) is 21.1. The highest BCUT2D eigenvalue weighted by Gasteiger charge is 2.20. The molecule has 158 valence electrons. The predicted octanol–water partition coefficient (Wildman–Crippen LogP) is 3.72. The molecule has 2 rings (SSSR count). The van der Waals surface area contributed by atoms with Gasteiger partial charge in [-0.05, 0) is 41.8 Å². The molecule has 7 heteroatoms. The standard InChI is InChI=1S/C22H29NO4S2/c1-26-20-7-3-16(4-8-20)12-28-14-18(22(23)25)11-19(24)15-29-13-17-5-9-21(27-2)10-6-17/h3-10,18-19,24H,11-15H2,1-2H3,(H2,23,25). The van der Waals surface area contributed by atoms with E-state index in [1.54, 1.807) is 37.7 Å². The van der Waals surface area contributed by atoms with E-state index in [4.69, 9.17) is 15.2 Å². The summed E-state index contributed by atoms with van der Waals surface area (Å²) in [6.07, 6.45) is -0.169. The van der Waals surface area contributed by atoms with Crippen LogP contribution in [0.15, 0.2) is 48.5 Å². The molecule has 0 spiro atoms. The topological polar surface area (TPSA) is 81.8 Å². The molecule has 0 bridgehead atoms. The van der Waals surface area contributed by atoms with Crippen LogP contribution < -0.4 is 15.2 Å². The molecule has 1 amide bonds. The van der Waals surface area contributed by atoms with Crippen LogP contribution in [0.1, 0.15) is 17.5 Å². The lowest BCUT2D eigenvalue weighted by molar-refractivity contribution is -0.121. The van der Waals surface area contributed by atoms with Crippen LogP contribution in [0.2, 0.25) is 0 Å². The number of primary amides is 1. The molecule has 0 aliphatic heterocycles. The van der Waals surface area contributed by atoms with E-state index in [9.17, 15) is 9.90 Å². The van der Waals surface area contributed by atoms with Gasteiger partial charge in [0.25, 0.3) is 0 Å². The van der Waals surface area contributed by atoms with Crippen LogP contribution in [-0.4, -0.2) is 42.8 Å². The molecule has 2 atom stereocenters. The van der Waals surface area contributed by atoms with Crippen LogP contribution in [0.25, 0.3) is 0 Å². The molecule has 29 heavy (non-hydrogen) atoms. The Kier molecular flexibility index (Phi) is 10.2. The van der Waals surface area contributed by atoms with Crippen LogP contribution in [-0.2, 0) is 16.3 Å². The number of nitrogens with two attached hydrogens (primary N) is 1. The highest BCUT2D eigenvalue weighted by Crippen LogP contribution is 2.23. The van der Waals surface area contributed by atoms with E-state index < -0.39 is 6.10 Å². The number of carbonyl (C=O) groups excluding carboxylic acids is 1. The van der Waals surface area contributed by atoms with Gasteiger partial charge in [-0.1, -0.05) is 24.3 Å². The fourth-order valence-corrected chi connectivity index (χ4v) is 4.82. The summed E-state index contributed by atoms with van der Waals surface area (Å²) in [7, 11) is 3.28. The highest BCUT2D eigenvalue weighted by molar-refractivity contribution is 7.98. The van der Waals surface area contributed by atoms with Crippen molar-refractivity contribution in [3.05, 3.63) is 59.7 Å². The van der Waals surface area contributed by atoms with Gasteiger partial charge in [-0.25, -0.2) is 0 Å². The maximum Gasteiger partial charge on any atom is 0.221 e. The molecule has 5 nitrogen and oxygen atoms in total. The molecule has 0 radical (unpaired) electrons. The first-order chi connectivity index (χ1) is 14.0. The van der Waals surface area contributed by atoms with Crippen molar-refractivity contribution in [2.45, 2.75) is 24.0 Å². The summed E-state index contributed by atoms with van der Waals surface area (Å²) in [5.74, 6) is 3.71. The van der Waals surface area contributed by atoms with Gasteiger partial charge in [0.15, 0.2) is 0 Å². The Hall–Kier alpha value is -1.83. The third-order valence-electron chi connectivity index (χ3n) is 4.44. The molecule has 3 N–H and O–H groups in total. The number of thioether (sulfide) groups is 2. The lowest BCUT2D eigenvalue weighted by atomic mass is 10.0. The fraction of sp³-hybridized carbons (Fsp3) is 0.409. The minimum atomic E-state index is -0.558. The number of hydrogen-bond donors (Lipinski definition) is 2. The number of rotatable bonds is 13. The molecule has 0 aliphatic carbocycles. The average Bonchev–Trinajstić information content (AvgIpc) is 2.74.